The summed E-state index contributed by atoms with van der Waals surface area (Å²) in [5, 5.41) is 2.26. The molecule has 0 aromatic rings. The fourth-order valence-electron chi connectivity index (χ4n) is 2.50. The molecule has 0 spiro atoms. The summed E-state index contributed by atoms with van der Waals surface area (Å²) in [6.45, 7) is 7.48. The predicted octanol–water partition coefficient (Wildman–Crippen LogP) is -0.331. The Labute approximate surface area is 118 Å². The van der Waals surface area contributed by atoms with Crippen LogP contribution in [0.2, 0.25) is 0 Å². The number of rotatable bonds is 4. The van der Waals surface area contributed by atoms with Gasteiger partial charge in [-0.25, -0.2) is 4.79 Å². The quantitative estimate of drug-likeness (QED) is 0.715. The van der Waals surface area contributed by atoms with E-state index >= 15 is 0 Å². The Morgan fingerprint density at radius 1 is 1.20 bits per heavy atom. The summed E-state index contributed by atoms with van der Waals surface area (Å²) >= 11 is 0. The van der Waals surface area contributed by atoms with Gasteiger partial charge in [-0.2, -0.15) is 0 Å². The van der Waals surface area contributed by atoms with Crippen LogP contribution >= 0.6 is 0 Å². The maximum atomic E-state index is 12.3. The van der Waals surface area contributed by atoms with E-state index in [1.807, 2.05) is 0 Å². The third-order valence-corrected chi connectivity index (χ3v) is 3.70. The average Bonchev–Trinajstić information content (AvgIpc) is 2.38. The van der Waals surface area contributed by atoms with Crippen LogP contribution in [0, 0.1) is 11.8 Å². The second-order valence-electron chi connectivity index (χ2n) is 5.46. The number of carbonyl (C=O) groups excluding carboxylic acids is 3. The summed E-state index contributed by atoms with van der Waals surface area (Å²) in [6, 6.07) is -0.606. The molecule has 0 radical (unpaired) electrons. The summed E-state index contributed by atoms with van der Waals surface area (Å²) in [7, 11) is 0. The van der Waals surface area contributed by atoms with Gasteiger partial charge in [0.2, 0.25) is 11.8 Å². The Hall–Kier alpha value is -1.47. The number of morpholine rings is 1. The van der Waals surface area contributed by atoms with E-state index in [1.54, 1.807) is 13.8 Å². The molecule has 0 aliphatic carbocycles. The van der Waals surface area contributed by atoms with Gasteiger partial charge in [0.25, 0.3) is 0 Å². The second-order valence-corrected chi connectivity index (χ2v) is 5.46. The highest BCUT2D eigenvalue weighted by Gasteiger charge is 2.41. The predicted molar refractivity (Wildman–Crippen MR) is 70.8 cm³/mol. The molecule has 1 unspecified atom stereocenters. The highest BCUT2D eigenvalue weighted by molar-refractivity contribution is 6.16. The van der Waals surface area contributed by atoms with E-state index in [1.165, 1.54) is 0 Å². The number of nitrogens with one attached hydrogen (secondary N) is 1. The van der Waals surface area contributed by atoms with Gasteiger partial charge in [0.1, 0.15) is 5.92 Å². The van der Waals surface area contributed by atoms with Crippen molar-refractivity contribution >= 4 is 17.8 Å². The summed E-state index contributed by atoms with van der Waals surface area (Å²) in [6.07, 6.45) is 0. The van der Waals surface area contributed by atoms with Gasteiger partial charge in [0.05, 0.1) is 13.2 Å². The highest BCUT2D eigenvalue weighted by atomic mass is 16.5. The van der Waals surface area contributed by atoms with Crippen LogP contribution in [0.3, 0.4) is 0 Å². The normalized spacial score (nSPS) is 25.2. The van der Waals surface area contributed by atoms with Crippen molar-refractivity contribution in [3.63, 3.8) is 0 Å². The molecule has 2 heterocycles. The van der Waals surface area contributed by atoms with E-state index in [-0.39, 0.29) is 11.8 Å². The van der Waals surface area contributed by atoms with Gasteiger partial charge < -0.3 is 4.74 Å². The number of amides is 4. The fraction of sp³-hybridized carbons (Fsp3) is 0.769. The van der Waals surface area contributed by atoms with Crippen molar-refractivity contribution in [3.8, 4) is 0 Å². The lowest BCUT2D eigenvalue weighted by molar-refractivity contribution is -0.144. The lowest BCUT2D eigenvalue weighted by Crippen LogP contribution is -2.60. The van der Waals surface area contributed by atoms with E-state index in [2.05, 4.69) is 10.2 Å². The Morgan fingerprint density at radius 3 is 2.45 bits per heavy atom. The Morgan fingerprint density at radius 2 is 1.85 bits per heavy atom. The molecule has 2 aliphatic rings. The van der Waals surface area contributed by atoms with Crippen LogP contribution in [0.25, 0.3) is 0 Å². The van der Waals surface area contributed by atoms with Gasteiger partial charge >= 0.3 is 6.03 Å². The minimum Gasteiger partial charge on any atom is -0.379 e. The van der Waals surface area contributed by atoms with Crippen molar-refractivity contribution in [2.45, 2.75) is 13.8 Å². The minimum absolute atomic E-state index is 0.124. The maximum absolute atomic E-state index is 12.3. The zero-order valence-corrected chi connectivity index (χ0v) is 11.9. The third kappa shape index (κ3) is 3.16. The first-order chi connectivity index (χ1) is 9.50. The minimum atomic E-state index is -0.766. The third-order valence-electron chi connectivity index (χ3n) is 3.70. The number of urea groups is 1. The monoisotopic (exact) mass is 283 g/mol. The molecule has 20 heavy (non-hydrogen) atoms. The molecule has 2 rings (SSSR count). The summed E-state index contributed by atoms with van der Waals surface area (Å²) < 4.78 is 5.25. The van der Waals surface area contributed by atoms with Crippen molar-refractivity contribution in [1.82, 2.24) is 15.1 Å². The van der Waals surface area contributed by atoms with Gasteiger partial charge in [-0.15, -0.1) is 0 Å². The van der Waals surface area contributed by atoms with Gasteiger partial charge in [-0.1, -0.05) is 13.8 Å². The van der Waals surface area contributed by atoms with Gasteiger partial charge in [0.15, 0.2) is 0 Å². The van der Waals surface area contributed by atoms with Crippen LogP contribution < -0.4 is 5.32 Å². The molecule has 4 amide bonds. The lowest BCUT2D eigenvalue weighted by Gasteiger charge is -2.34. The molecule has 0 saturated carbocycles. The topological polar surface area (TPSA) is 79.0 Å². The van der Waals surface area contributed by atoms with Crippen molar-refractivity contribution in [2.24, 2.45) is 11.8 Å². The van der Waals surface area contributed by atoms with Crippen LogP contribution in [0.4, 0.5) is 4.79 Å². The molecule has 2 aliphatic heterocycles. The molecule has 7 nitrogen and oxygen atoms in total. The maximum Gasteiger partial charge on any atom is 0.330 e. The van der Waals surface area contributed by atoms with Gasteiger partial charge in [-0.05, 0) is 5.92 Å². The van der Waals surface area contributed by atoms with Crippen LogP contribution in [0.15, 0.2) is 0 Å². The second kappa shape index (κ2) is 6.32. The Balaban J connectivity index is 1.96. The average molecular weight is 283 g/mol. The number of hydrogen-bond donors (Lipinski definition) is 1. The largest absolute Gasteiger partial charge is 0.379 e. The van der Waals surface area contributed by atoms with E-state index in [0.717, 1.165) is 18.0 Å². The molecule has 2 saturated heterocycles. The van der Waals surface area contributed by atoms with Crippen molar-refractivity contribution in [3.05, 3.63) is 0 Å². The Kier molecular flexibility index (Phi) is 4.72. The molecular weight excluding hydrogens is 262 g/mol. The molecule has 1 N–H and O–H groups in total. The van der Waals surface area contributed by atoms with E-state index in [9.17, 15) is 14.4 Å². The van der Waals surface area contributed by atoms with Crippen molar-refractivity contribution in [1.29, 1.82) is 0 Å². The summed E-state index contributed by atoms with van der Waals surface area (Å²) in [5.41, 5.74) is 0. The SMILES string of the molecule is CC(C)C1C(=O)NC(=O)N(CCN2CCOCC2)C1=O. The van der Waals surface area contributed by atoms with Crippen LogP contribution in [0.1, 0.15) is 13.8 Å². The molecule has 112 valence electrons. The number of nitrogens with zero attached hydrogens (tertiary/aromatic N) is 2. The molecular formula is C13H21N3O4. The standard InChI is InChI=1S/C13H21N3O4/c1-9(2)10-11(17)14-13(19)16(12(10)18)4-3-15-5-7-20-8-6-15/h9-10H,3-8H2,1-2H3,(H,14,17,19). The van der Waals surface area contributed by atoms with Gasteiger partial charge in [-0.3, -0.25) is 24.7 Å². The number of ether oxygens (including phenoxy) is 1. The number of barbiturate groups is 1. The first-order valence-electron chi connectivity index (χ1n) is 6.97. The van der Waals surface area contributed by atoms with E-state index < -0.39 is 17.9 Å². The Bertz CT molecular complexity index is 404. The van der Waals surface area contributed by atoms with E-state index in [4.69, 9.17) is 4.74 Å². The van der Waals surface area contributed by atoms with Crippen LogP contribution in [-0.2, 0) is 14.3 Å². The number of hydrogen-bond acceptors (Lipinski definition) is 5. The first kappa shape index (κ1) is 14.9. The summed E-state index contributed by atoms with van der Waals surface area (Å²) in [4.78, 5) is 39.0. The first-order valence-corrected chi connectivity index (χ1v) is 6.97. The molecule has 0 aromatic heterocycles. The van der Waals surface area contributed by atoms with Crippen molar-refractivity contribution < 1.29 is 19.1 Å². The van der Waals surface area contributed by atoms with Gasteiger partial charge in [0, 0.05) is 26.2 Å². The lowest BCUT2D eigenvalue weighted by atomic mass is 9.92. The fourth-order valence-corrected chi connectivity index (χ4v) is 2.50. The van der Waals surface area contributed by atoms with Crippen LogP contribution in [-0.4, -0.2) is 67.0 Å². The molecule has 7 heteroatoms. The molecule has 1 atom stereocenters. The number of imide groups is 2. The number of carbonyl (C=O) groups is 3. The smallest absolute Gasteiger partial charge is 0.330 e. The van der Waals surface area contributed by atoms with Crippen LogP contribution in [0.5, 0.6) is 0 Å². The molecule has 0 bridgehead atoms. The summed E-state index contributed by atoms with van der Waals surface area (Å²) in [5.74, 6) is -1.77. The van der Waals surface area contributed by atoms with E-state index in [0.29, 0.717) is 26.3 Å². The van der Waals surface area contributed by atoms with Crippen molar-refractivity contribution in [2.75, 3.05) is 39.4 Å². The zero-order chi connectivity index (χ0) is 14.7. The molecule has 2 fully saturated rings. The zero-order valence-electron chi connectivity index (χ0n) is 11.9. The highest BCUT2D eigenvalue weighted by Crippen LogP contribution is 2.18. The molecule has 0 aromatic carbocycles.